The van der Waals surface area contributed by atoms with Gasteiger partial charge in [0.05, 0.1) is 7.11 Å². The lowest BCUT2D eigenvalue weighted by Gasteiger charge is -2.17. The largest absolute Gasteiger partial charge is 0.467 e. The highest BCUT2D eigenvalue weighted by molar-refractivity contribution is 5.87. The molecule has 0 aromatic carbocycles. The van der Waals surface area contributed by atoms with Crippen molar-refractivity contribution < 1.29 is 19.1 Å². The van der Waals surface area contributed by atoms with Gasteiger partial charge in [0.15, 0.2) is 0 Å². The van der Waals surface area contributed by atoms with Crippen molar-refractivity contribution >= 4 is 11.9 Å². The van der Waals surface area contributed by atoms with Crippen molar-refractivity contribution in [2.75, 3.05) is 13.7 Å². The third kappa shape index (κ3) is 2.92. The molecule has 1 fully saturated rings. The van der Waals surface area contributed by atoms with Gasteiger partial charge < -0.3 is 14.8 Å². The molecule has 1 aliphatic heterocycles. The summed E-state index contributed by atoms with van der Waals surface area (Å²) in [5, 5.41) is 2.56. The third-order valence-corrected chi connectivity index (χ3v) is 2.56. The average Bonchev–Trinajstić information content (AvgIpc) is 2.63. The quantitative estimate of drug-likeness (QED) is 0.678. The highest BCUT2D eigenvalue weighted by atomic mass is 16.5. The van der Waals surface area contributed by atoms with Gasteiger partial charge in [-0.2, -0.15) is 0 Å². The van der Waals surface area contributed by atoms with Gasteiger partial charge in [-0.25, -0.2) is 4.79 Å². The number of carbonyl (C=O) groups excluding carboxylic acids is 2. The minimum atomic E-state index is -0.626. The highest BCUT2D eigenvalue weighted by Gasteiger charge is 2.32. The van der Waals surface area contributed by atoms with E-state index in [4.69, 9.17) is 4.74 Å². The van der Waals surface area contributed by atoms with Gasteiger partial charge in [0.25, 0.3) is 0 Å². The van der Waals surface area contributed by atoms with Crippen LogP contribution in [-0.4, -0.2) is 37.7 Å². The van der Waals surface area contributed by atoms with Crippen LogP contribution in [0.25, 0.3) is 0 Å². The molecule has 0 aliphatic carbocycles. The summed E-state index contributed by atoms with van der Waals surface area (Å²) in [4.78, 5) is 22.7. The molecular formula is C10H17NO4. The van der Waals surface area contributed by atoms with Gasteiger partial charge in [-0.05, 0) is 19.3 Å². The van der Waals surface area contributed by atoms with Gasteiger partial charge in [0.1, 0.15) is 12.1 Å². The molecule has 0 aromatic heterocycles. The Balaban J connectivity index is 2.44. The molecule has 1 saturated heterocycles. The molecule has 0 radical (unpaired) electrons. The molecule has 3 atom stereocenters. The van der Waals surface area contributed by atoms with Gasteiger partial charge in [-0.15, -0.1) is 0 Å². The zero-order valence-electron chi connectivity index (χ0n) is 9.28. The van der Waals surface area contributed by atoms with E-state index in [9.17, 15) is 9.59 Å². The van der Waals surface area contributed by atoms with Crippen LogP contribution in [0, 0.1) is 5.92 Å². The van der Waals surface area contributed by atoms with Crippen LogP contribution < -0.4 is 5.32 Å². The molecule has 1 amide bonds. The van der Waals surface area contributed by atoms with E-state index in [2.05, 4.69) is 10.1 Å². The Morgan fingerprint density at radius 1 is 1.53 bits per heavy atom. The van der Waals surface area contributed by atoms with Crippen molar-refractivity contribution in [3.63, 3.8) is 0 Å². The molecular weight excluding hydrogens is 198 g/mol. The van der Waals surface area contributed by atoms with E-state index in [1.807, 2.05) is 6.92 Å². The van der Waals surface area contributed by atoms with E-state index >= 15 is 0 Å². The minimum Gasteiger partial charge on any atom is -0.467 e. The molecule has 86 valence electrons. The summed E-state index contributed by atoms with van der Waals surface area (Å²) in [5.41, 5.74) is 0. The molecule has 5 nitrogen and oxygen atoms in total. The smallest absolute Gasteiger partial charge is 0.328 e. The van der Waals surface area contributed by atoms with E-state index in [-0.39, 0.29) is 11.8 Å². The molecule has 0 spiro atoms. The summed E-state index contributed by atoms with van der Waals surface area (Å²) in [6.07, 6.45) is 0.446. The molecule has 3 unspecified atom stereocenters. The predicted octanol–water partition coefficient (Wildman–Crippen LogP) is 0.0891. The van der Waals surface area contributed by atoms with Crippen LogP contribution in [0.4, 0.5) is 0 Å². The predicted molar refractivity (Wildman–Crippen MR) is 53.1 cm³/mol. The van der Waals surface area contributed by atoms with E-state index in [0.29, 0.717) is 6.61 Å². The van der Waals surface area contributed by atoms with Crippen LogP contribution in [0.5, 0.6) is 0 Å². The summed E-state index contributed by atoms with van der Waals surface area (Å²) in [5.74, 6) is -0.484. The number of ether oxygens (including phenoxy) is 2. The van der Waals surface area contributed by atoms with Crippen molar-refractivity contribution in [2.24, 2.45) is 5.92 Å². The summed E-state index contributed by atoms with van der Waals surface area (Å²) in [6, 6.07) is -0.626. The zero-order chi connectivity index (χ0) is 11.4. The molecule has 0 saturated carbocycles. The number of rotatable bonds is 3. The lowest BCUT2D eigenvalue weighted by molar-refractivity contribution is -0.146. The Hall–Kier alpha value is -1.10. The standard InChI is InChI=1S/C10H17NO4/c1-6-4-5-15-8(6)9(12)11-7(2)10(13)14-3/h6-8H,4-5H2,1-3H3,(H,11,12). The maximum atomic E-state index is 11.6. The fourth-order valence-electron chi connectivity index (χ4n) is 1.56. The maximum absolute atomic E-state index is 11.6. The van der Waals surface area contributed by atoms with E-state index < -0.39 is 18.1 Å². The number of hydrogen-bond donors (Lipinski definition) is 1. The lowest BCUT2D eigenvalue weighted by atomic mass is 10.0. The van der Waals surface area contributed by atoms with Gasteiger partial charge in [-0.3, -0.25) is 4.79 Å². The normalized spacial score (nSPS) is 27.1. The minimum absolute atomic E-state index is 0.204. The summed E-state index contributed by atoms with van der Waals surface area (Å²) < 4.78 is 9.78. The Morgan fingerprint density at radius 2 is 2.20 bits per heavy atom. The van der Waals surface area contributed by atoms with Crippen LogP contribution in [0.1, 0.15) is 20.3 Å². The second-order valence-electron chi connectivity index (χ2n) is 3.81. The molecule has 15 heavy (non-hydrogen) atoms. The van der Waals surface area contributed by atoms with Gasteiger partial charge >= 0.3 is 5.97 Å². The number of methoxy groups -OCH3 is 1. The lowest BCUT2D eigenvalue weighted by Crippen LogP contribution is -2.45. The number of esters is 1. The first-order valence-electron chi connectivity index (χ1n) is 5.06. The summed E-state index contributed by atoms with van der Waals surface area (Å²) in [7, 11) is 1.29. The van der Waals surface area contributed by atoms with Gasteiger partial charge in [0, 0.05) is 6.61 Å². The average molecular weight is 215 g/mol. The van der Waals surface area contributed by atoms with Gasteiger partial charge in [-0.1, -0.05) is 6.92 Å². The number of nitrogens with one attached hydrogen (secondary N) is 1. The summed E-state index contributed by atoms with van der Waals surface area (Å²) >= 11 is 0. The van der Waals surface area contributed by atoms with Crippen molar-refractivity contribution in [2.45, 2.75) is 32.4 Å². The Kier molecular flexibility index (Phi) is 4.08. The maximum Gasteiger partial charge on any atom is 0.328 e. The molecule has 0 aromatic rings. The van der Waals surface area contributed by atoms with E-state index in [0.717, 1.165) is 6.42 Å². The van der Waals surface area contributed by atoms with E-state index in [1.54, 1.807) is 6.92 Å². The van der Waals surface area contributed by atoms with Crippen molar-refractivity contribution in [3.8, 4) is 0 Å². The van der Waals surface area contributed by atoms with Crippen LogP contribution in [-0.2, 0) is 19.1 Å². The Bertz CT molecular complexity index is 254. The Morgan fingerprint density at radius 3 is 2.67 bits per heavy atom. The van der Waals surface area contributed by atoms with Crippen LogP contribution in [0.3, 0.4) is 0 Å². The monoisotopic (exact) mass is 215 g/mol. The fourth-order valence-corrected chi connectivity index (χ4v) is 1.56. The SMILES string of the molecule is COC(=O)C(C)NC(=O)C1OCCC1C. The molecule has 0 bridgehead atoms. The van der Waals surface area contributed by atoms with Crippen molar-refractivity contribution in [1.82, 2.24) is 5.32 Å². The first kappa shape index (κ1) is 12.0. The van der Waals surface area contributed by atoms with Crippen LogP contribution in [0.2, 0.25) is 0 Å². The first-order valence-corrected chi connectivity index (χ1v) is 5.06. The van der Waals surface area contributed by atoms with Crippen LogP contribution >= 0.6 is 0 Å². The van der Waals surface area contributed by atoms with Gasteiger partial charge in [0.2, 0.25) is 5.91 Å². The topological polar surface area (TPSA) is 64.6 Å². The molecule has 5 heteroatoms. The fraction of sp³-hybridized carbons (Fsp3) is 0.800. The third-order valence-electron chi connectivity index (χ3n) is 2.56. The molecule has 1 rings (SSSR count). The van der Waals surface area contributed by atoms with E-state index in [1.165, 1.54) is 7.11 Å². The number of hydrogen-bond acceptors (Lipinski definition) is 4. The first-order chi connectivity index (χ1) is 7.06. The summed E-state index contributed by atoms with van der Waals surface area (Å²) in [6.45, 7) is 4.15. The zero-order valence-corrected chi connectivity index (χ0v) is 9.28. The molecule has 1 N–H and O–H groups in total. The second kappa shape index (κ2) is 5.11. The Labute approximate surface area is 89.1 Å². The van der Waals surface area contributed by atoms with Crippen molar-refractivity contribution in [1.29, 1.82) is 0 Å². The molecule has 1 aliphatic rings. The molecule has 1 heterocycles. The van der Waals surface area contributed by atoms with Crippen molar-refractivity contribution in [3.05, 3.63) is 0 Å². The number of amides is 1. The highest BCUT2D eigenvalue weighted by Crippen LogP contribution is 2.20. The number of carbonyl (C=O) groups is 2. The van der Waals surface area contributed by atoms with Crippen LogP contribution in [0.15, 0.2) is 0 Å². The second-order valence-corrected chi connectivity index (χ2v) is 3.81.